The van der Waals surface area contributed by atoms with Crippen molar-refractivity contribution in [3.63, 3.8) is 0 Å². The minimum absolute atomic E-state index is 0.373. The van der Waals surface area contributed by atoms with E-state index in [0.29, 0.717) is 12.1 Å². The van der Waals surface area contributed by atoms with E-state index in [1.165, 1.54) is 6.33 Å². The molecule has 0 aromatic carbocycles. The first-order valence-electron chi connectivity index (χ1n) is 8.72. The topological polar surface area (TPSA) is 104 Å². The van der Waals surface area contributed by atoms with Gasteiger partial charge in [0.1, 0.15) is 24.2 Å². The molecule has 3 aromatic rings. The maximum Gasteiger partial charge on any atom is 0.143 e. The third-order valence-corrected chi connectivity index (χ3v) is 5.41. The van der Waals surface area contributed by atoms with E-state index in [4.69, 9.17) is 0 Å². The van der Waals surface area contributed by atoms with E-state index >= 15 is 0 Å². The van der Waals surface area contributed by atoms with Crippen LogP contribution in [0.15, 0.2) is 36.9 Å². The van der Waals surface area contributed by atoms with Gasteiger partial charge >= 0.3 is 0 Å². The Kier molecular flexibility index (Phi) is 4.22. The number of aromatic nitrogens is 4. The second kappa shape index (κ2) is 6.42. The van der Waals surface area contributed by atoms with Crippen LogP contribution in [0.3, 0.4) is 0 Å². The van der Waals surface area contributed by atoms with Crippen LogP contribution in [0.4, 0.5) is 0 Å². The second-order valence-corrected chi connectivity index (χ2v) is 7.07. The Morgan fingerprint density at radius 1 is 1.08 bits per heavy atom. The Balaban J connectivity index is 1.65. The molecule has 136 valence electrons. The number of rotatable bonds is 3. The first-order valence-corrected chi connectivity index (χ1v) is 8.72. The van der Waals surface area contributed by atoms with E-state index in [1.54, 1.807) is 12.3 Å². The summed E-state index contributed by atoms with van der Waals surface area (Å²) in [7, 11) is 0. The zero-order valence-corrected chi connectivity index (χ0v) is 14.7. The molecule has 3 N–H and O–H groups in total. The molecule has 4 rings (SSSR count). The predicted molar refractivity (Wildman–Crippen MR) is 95.4 cm³/mol. The van der Waals surface area contributed by atoms with Gasteiger partial charge in [-0.2, -0.15) is 0 Å². The van der Waals surface area contributed by atoms with Gasteiger partial charge in [-0.15, -0.1) is 0 Å². The fraction of sp³-hybridized carbons (Fsp3) is 0.421. The molecule has 0 radical (unpaired) electrons. The average molecular weight is 354 g/mol. The molecule has 0 bridgehead atoms. The van der Waals surface area contributed by atoms with Crippen molar-refractivity contribution in [2.75, 3.05) is 0 Å². The molecule has 3 aromatic heterocycles. The quantitative estimate of drug-likeness (QED) is 0.658. The molecule has 7 heteroatoms. The SMILES string of the molecule is Cc1ccc(C(O)[C@H]2C[C@@H](n3ccc4c(C)ncnc43)[C@H](O)[C@@H]2O)nc1. The highest BCUT2D eigenvalue weighted by molar-refractivity contribution is 5.78. The van der Waals surface area contributed by atoms with Crippen molar-refractivity contribution < 1.29 is 15.3 Å². The Morgan fingerprint density at radius 3 is 2.62 bits per heavy atom. The number of aryl methyl sites for hydroxylation is 2. The Hall–Kier alpha value is -2.35. The van der Waals surface area contributed by atoms with Crippen LogP contribution in [-0.2, 0) is 0 Å². The van der Waals surface area contributed by atoms with E-state index < -0.39 is 24.2 Å². The molecule has 7 nitrogen and oxygen atoms in total. The van der Waals surface area contributed by atoms with Crippen LogP contribution in [0.2, 0.25) is 0 Å². The van der Waals surface area contributed by atoms with Gasteiger partial charge in [-0.05, 0) is 38.0 Å². The molecule has 0 amide bonds. The smallest absolute Gasteiger partial charge is 0.143 e. The van der Waals surface area contributed by atoms with Crippen LogP contribution in [-0.4, -0.2) is 47.0 Å². The molecular weight excluding hydrogens is 332 g/mol. The molecule has 1 aliphatic rings. The van der Waals surface area contributed by atoms with Crippen molar-refractivity contribution in [3.05, 3.63) is 53.9 Å². The first kappa shape index (κ1) is 17.1. The van der Waals surface area contributed by atoms with Crippen LogP contribution in [0.25, 0.3) is 11.0 Å². The third-order valence-electron chi connectivity index (χ3n) is 5.41. The lowest BCUT2D eigenvalue weighted by molar-refractivity contribution is -0.0274. The van der Waals surface area contributed by atoms with Gasteiger partial charge in [0, 0.05) is 23.7 Å². The largest absolute Gasteiger partial charge is 0.390 e. The highest BCUT2D eigenvalue weighted by Gasteiger charge is 2.46. The molecule has 1 saturated carbocycles. The molecule has 1 aliphatic carbocycles. The predicted octanol–water partition coefficient (Wildman–Crippen LogP) is 1.46. The number of fused-ring (bicyclic) bond motifs is 1. The highest BCUT2D eigenvalue weighted by Crippen LogP contribution is 2.42. The van der Waals surface area contributed by atoms with E-state index in [2.05, 4.69) is 15.0 Å². The summed E-state index contributed by atoms with van der Waals surface area (Å²) in [6.45, 7) is 3.83. The van der Waals surface area contributed by atoms with Crippen molar-refractivity contribution in [2.24, 2.45) is 5.92 Å². The third kappa shape index (κ3) is 2.68. The zero-order valence-electron chi connectivity index (χ0n) is 14.7. The van der Waals surface area contributed by atoms with Gasteiger partial charge in [0.25, 0.3) is 0 Å². The number of nitrogens with zero attached hydrogens (tertiary/aromatic N) is 4. The van der Waals surface area contributed by atoms with Gasteiger partial charge < -0.3 is 19.9 Å². The zero-order chi connectivity index (χ0) is 18.4. The molecule has 5 atom stereocenters. The number of aliphatic hydroxyl groups excluding tert-OH is 3. The summed E-state index contributed by atoms with van der Waals surface area (Å²) in [6, 6.07) is 5.17. The summed E-state index contributed by atoms with van der Waals surface area (Å²) in [4.78, 5) is 12.8. The van der Waals surface area contributed by atoms with Gasteiger partial charge in [0.2, 0.25) is 0 Å². The summed E-state index contributed by atoms with van der Waals surface area (Å²) in [5, 5.41) is 32.8. The van der Waals surface area contributed by atoms with Crippen molar-refractivity contribution in [3.8, 4) is 0 Å². The average Bonchev–Trinajstić information content (AvgIpc) is 3.18. The molecule has 0 aliphatic heterocycles. The molecule has 26 heavy (non-hydrogen) atoms. The normalized spacial score (nSPS) is 27.1. The van der Waals surface area contributed by atoms with Crippen molar-refractivity contribution >= 4 is 11.0 Å². The van der Waals surface area contributed by atoms with Crippen LogP contribution in [0.5, 0.6) is 0 Å². The number of aliphatic hydroxyl groups is 3. The lowest BCUT2D eigenvalue weighted by Crippen LogP contribution is -2.31. The van der Waals surface area contributed by atoms with Gasteiger partial charge in [-0.3, -0.25) is 4.98 Å². The van der Waals surface area contributed by atoms with Crippen molar-refractivity contribution in [1.82, 2.24) is 19.5 Å². The Bertz CT molecular complexity index is 924. The fourth-order valence-electron chi connectivity index (χ4n) is 3.87. The van der Waals surface area contributed by atoms with Crippen LogP contribution < -0.4 is 0 Å². The van der Waals surface area contributed by atoms with Crippen LogP contribution >= 0.6 is 0 Å². The summed E-state index contributed by atoms with van der Waals surface area (Å²) in [6.07, 6.45) is 2.48. The molecule has 1 fully saturated rings. The molecule has 3 heterocycles. The van der Waals surface area contributed by atoms with Gasteiger partial charge in [-0.1, -0.05) is 6.07 Å². The molecular formula is C19H22N4O3. The van der Waals surface area contributed by atoms with Crippen LogP contribution in [0, 0.1) is 19.8 Å². The monoisotopic (exact) mass is 354 g/mol. The lowest BCUT2D eigenvalue weighted by Gasteiger charge is -2.21. The van der Waals surface area contributed by atoms with Crippen molar-refractivity contribution in [2.45, 2.75) is 44.6 Å². The van der Waals surface area contributed by atoms with Gasteiger partial charge in [-0.25, -0.2) is 9.97 Å². The standard InChI is InChI=1S/C19H22N4O3/c1-10-3-4-14(20-8-10)16(24)13-7-15(18(26)17(13)25)23-6-5-12-11(2)21-9-22-19(12)23/h3-6,8-9,13,15-18,24-26H,7H2,1-2H3/t13-,15-,16?,17-,18+/m1/s1. The minimum atomic E-state index is -1.04. The van der Waals surface area contributed by atoms with Crippen LogP contribution in [0.1, 0.15) is 35.5 Å². The first-order chi connectivity index (χ1) is 12.5. The maximum absolute atomic E-state index is 10.7. The molecule has 0 saturated heterocycles. The van der Waals surface area contributed by atoms with Gasteiger partial charge in [0.05, 0.1) is 23.5 Å². The van der Waals surface area contributed by atoms with E-state index in [1.807, 2.05) is 36.7 Å². The Morgan fingerprint density at radius 2 is 1.88 bits per heavy atom. The fourth-order valence-corrected chi connectivity index (χ4v) is 3.87. The number of pyridine rings is 1. The Labute approximate surface area is 151 Å². The van der Waals surface area contributed by atoms with Gasteiger partial charge in [0.15, 0.2) is 0 Å². The van der Waals surface area contributed by atoms with Crippen molar-refractivity contribution in [1.29, 1.82) is 0 Å². The lowest BCUT2D eigenvalue weighted by atomic mass is 9.95. The number of hydrogen-bond acceptors (Lipinski definition) is 6. The summed E-state index contributed by atoms with van der Waals surface area (Å²) >= 11 is 0. The molecule has 0 spiro atoms. The van der Waals surface area contributed by atoms with E-state index in [-0.39, 0.29) is 6.04 Å². The van der Waals surface area contributed by atoms with E-state index in [9.17, 15) is 15.3 Å². The second-order valence-electron chi connectivity index (χ2n) is 7.07. The molecule has 1 unspecified atom stereocenters. The highest BCUT2D eigenvalue weighted by atomic mass is 16.3. The maximum atomic E-state index is 10.7. The summed E-state index contributed by atoms with van der Waals surface area (Å²) < 4.78 is 1.87. The summed E-state index contributed by atoms with van der Waals surface area (Å²) in [5.41, 5.74) is 3.09. The van der Waals surface area contributed by atoms with E-state index in [0.717, 1.165) is 22.3 Å². The minimum Gasteiger partial charge on any atom is -0.390 e. The number of hydrogen-bond donors (Lipinski definition) is 3. The summed E-state index contributed by atoms with van der Waals surface area (Å²) in [5.74, 6) is -0.509.